The topological polar surface area (TPSA) is 9.23 Å². The van der Waals surface area contributed by atoms with Crippen LogP contribution in [0.1, 0.15) is 31.9 Å². The molecule has 0 radical (unpaired) electrons. The van der Waals surface area contributed by atoms with E-state index in [-0.39, 0.29) is 5.04 Å². The molecule has 0 N–H and O–H groups in total. The van der Waals surface area contributed by atoms with Crippen LogP contribution in [0.2, 0.25) is 18.1 Å². The van der Waals surface area contributed by atoms with E-state index in [1.807, 2.05) is 6.07 Å². The van der Waals surface area contributed by atoms with Crippen LogP contribution >= 0.6 is 0 Å². The van der Waals surface area contributed by atoms with Crippen molar-refractivity contribution in [2.75, 3.05) is 0 Å². The first kappa shape index (κ1) is 13.2. The second kappa shape index (κ2) is 4.13. The van der Waals surface area contributed by atoms with E-state index in [4.69, 9.17) is 4.43 Å². The van der Waals surface area contributed by atoms with Gasteiger partial charge in [0.25, 0.3) is 0 Å². The highest BCUT2D eigenvalue weighted by atomic mass is 28.4. The van der Waals surface area contributed by atoms with E-state index in [0.29, 0.717) is 0 Å². The summed E-state index contributed by atoms with van der Waals surface area (Å²) in [5.74, 6) is 0.961. The van der Waals surface area contributed by atoms with Gasteiger partial charge in [-0.1, -0.05) is 51.6 Å². The zero-order valence-electron chi connectivity index (χ0n) is 12.0. The first-order chi connectivity index (χ1) is 8.22. The minimum Gasteiger partial charge on any atom is -0.688 e. The molecule has 0 bridgehead atoms. The summed E-state index contributed by atoms with van der Waals surface area (Å²) in [7, 11) is -1.78. The third-order valence-corrected chi connectivity index (χ3v) is 8.38. The molecule has 1 aromatic carbocycles. The highest BCUT2D eigenvalue weighted by Gasteiger charge is 2.29. The quantitative estimate of drug-likeness (QED) is 0.672. The van der Waals surface area contributed by atoms with Crippen LogP contribution in [0, 0.1) is 0 Å². The Balaban J connectivity index is 2.27. The smallest absolute Gasteiger partial charge is 0.0803 e. The Morgan fingerprint density at radius 3 is 2.28 bits per heavy atom. The molecule has 97 valence electrons. The van der Waals surface area contributed by atoms with E-state index in [1.165, 1.54) is 11.1 Å². The van der Waals surface area contributed by atoms with Gasteiger partial charge in [-0.25, -0.2) is 0 Å². The molecule has 18 heavy (non-hydrogen) atoms. The Bertz CT molecular complexity index is 518. The molecule has 0 unspecified atom stereocenters. The molecule has 2 heteroatoms. The average Bonchev–Trinajstić information content (AvgIpc) is 2.54. The van der Waals surface area contributed by atoms with Crippen LogP contribution in [0.15, 0.2) is 36.6 Å². The largest absolute Gasteiger partial charge is 0.688 e. The van der Waals surface area contributed by atoms with Crippen molar-refractivity contribution in [3.05, 3.63) is 47.7 Å². The molecule has 1 aliphatic carbocycles. The highest BCUT2D eigenvalue weighted by molar-refractivity contribution is 6.74. The molecule has 2 rings (SSSR count). The summed E-state index contributed by atoms with van der Waals surface area (Å²) in [4.78, 5) is 0. The molecule has 1 aromatic rings. The maximum atomic E-state index is 6.36. The fourth-order valence-corrected chi connectivity index (χ4v) is 2.82. The summed E-state index contributed by atoms with van der Waals surface area (Å²) in [5.41, 5.74) is 3.44. The minimum atomic E-state index is -1.78. The summed E-state index contributed by atoms with van der Waals surface area (Å²) in [5, 5.41) is 0.211. The van der Waals surface area contributed by atoms with Gasteiger partial charge in [0.2, 0.25) is 0 Å². The minimum absolute atomic E-state index is 0.211. The normalized spacial score (nSPS) is 15.4. The number of hydrogen-bond donors (Lipinski definition) is 0. The van der Waals surface area contributed by atoms with Crippen LogP contribution in [-0.2, 0) is 4.43 Å². The van der Waals surface area contributed by atoms with Crippen molar-refractivity contribution in [1.82, 2.24) is 0 Å². The molecular weight excluding hydrogens is 236 g/mol. The standard InChI is InChI=1S/C16H22OSi/c1-12-14-10-8-7-9-13(14)11-15(12)17-18(5,6)16(2,3)4/h7-11H,1H2,2-6H3/q-1. The summed E-state index contributed by atoms with van der Waals surface area (Å²) < 4.78 is 6.36. The van der Waals surface area contributed by atoms with Gasteiger partial charge in [0.05, 0.1) is 5.76 Å². The SMILES string of the molecule is C=C1C(O[Si-](C)(C)C(C)(C)C)=Cc2ccccc21. The molecular formula is C16H22OSi-. The van der Waals surface area contributed by atoms with Crippen molar-refractivity contribution in [3.8, 4) is 0 Å². The van der Waals surface area contributed by atoms with E-state index in [2.05, 4.69) is 64.7 Å². The zero-order valence-corrected chi connectivity index (χ0v) is 13.0. The van der Waals surface area contributed by atoms with Crippen molar-refractivity contribution in [2.45, 2.75) is 38.9 Å². The molecule has 0 atom stereocenters. The predicted molar refractivity (Wildman–Crippen MR) is 81.7 cm³/mol. The van der Waals surface area contributed by atoms with E-state index in [1.54, 1.807) is 0 Å². The number of rotatable bonds is 2. The van der Waals surface area contributed by atoms with Crippen LogP contribution in [0.5, 0.6) is 0 Å². The van der Waals surface area contributed by atoms with Gasteiger partial charge in [-0.3, -0.25) is 0 Å². The Hall–Kier alpha value is -1.28. The molecule has 1 aliphatic rings. The van der Waals surface area contributed by atoms with Gasteiger partial charge in [-0.15, -0.1) is 18.1 Å². The van der Waals surface area contributed by atoms with Crippen molar-refractivity contribution in [2.24, 2.45) is 0 Å². The van der Waals surface area contributed by atoms with Crippen LogP contribution in [0.3, 0.4) is 0 Å². The first-order valence-electron chi connectivity index (χ1n) is 6.42. The molecule has 0 saturated heterocycles. The molecule has 1 nitrogen and oxygen atoms in total. The second-order valence-electron chi connectivity index (χ2n) is 6.44. The maximum absolute atomic E-state index is 6.36. The fourth-order valence-electron chi connectivity index (χ4n) is 1.78. The average molecular weight is 258 g/mol. The van der Waals surface area contributed by atoms with Gasteiger partial charge in [0.1, 0.15) is 0 Å². The molecule has 0 aliphatic heterocycles. The predicted octanol–water partition coefficient (Wildman–Crippen LogP) is 5.08. The van der Waals surface area contributed by atoms with E-state index in [0.717, 1.165) is 11.3 Å². The molecule has 0 saturated carbocycles. The van der Waals surface area contributed by atoms with Crippen LogP contribution in [0.4, 0.5) is 0 Å². The van der Waals surface area contributed by atoms with E-state index < -0.39 is 8.32 Å². The summed E-state index contributed by atoms with van der Waals surface area (Å²) in [6.45, 7) is 15.5. The summed E-state index contributed by atoms with van der Waals surface area (Å²) in [6.07, 6.45) is 2.12. The number of fused-ring (bicyclic) bond motifs is 1. The maximum Gasteiger partial charge on any atom is 0.0803 e. The van der Waals surface area contributed by atoms with Crippen LogP contribution < -0.4 is 0 Å². The van der Waals surface area contributed by atoms with Crippen LogP contribution in [-0.4, -0.2) is 8.32 Å². The number of allylic oxidation sites excluding steroid dienone is 1. The first-order valence-corrected chi connectivity index (χ1v) is 9.32. The van der Waals surface area contributed by atoms with Gasteiger partial charge in [-0.05, 0) is 17.2 Å². The lowest BCUT2D eigenvalue weighted by atomic mass is 10.1. The molecule has 0 aromatic heterocycles. The lowest BCUT2D eigenvalue weighted by Crippen LogP contribution is -2.40. The van der Waals surface area contributed by atoms with Gasteiger partial charge in [-0.2, -0.15) is 0 Å². The highest BCUT2D eigenvalue weighted by Crippen LogP contribution is 2.42. The molecule has 0 heterocycles. The molecule has 0 amide bonds. The Labute approximate surface area is 111 Å². The third-order valence-electron chi connectivity index (χ3n) is 4.04. The Morgan fingerprint density at radius 1 is 1.11 bits per heavy atom. The zero-order chi connectivity index (χ0) is 13.6. The Kier molecular flexibility index (Phi) is 3.02. The number of benzene rings is 1. The van der Waals surface area contributed by atoms with Gasteiger partial charge < -0.3 is 4.43 Å². The number of hydrogen-bond acceptors (Lipinski definition) is 1. The van der Waals surface area contributed by atoms with Gasteiger partial charge in [0.15, 0.2) is 0 Å². The van der Waals surface area contributed by atoms with E-state index >= 15 is 0 Å². The Morgan fingerprint density at radius 2 is 1.72 bits per heavy atom. The lowest BCUT2D eigenvalue weighted by molar-refractivity contribution is 0.409. The van der Waals surface area contributed by atoms with Gasteiger partial charge >= 0.3 is 0 Å². The third kappa shape index (κ3) is 2.17. The van der Waals surface area contributed by atoms with Crippen molar-refractivity contribution in [1.29, 1.82) is 0 Å². The molecule has 0 spiro atoms. The van der Waals surface area contributed by atoms with Crippen molar-refractivity contribution < 1.29 is 4.43 Å². The second-order valence-corrected chi connectivity index (χ2v) is 11.2. The fraction of sp³-hybridized carbons (Fsp3) is 0.375. The van der Waals surface area contributed by atoms with Crippen molar-refractivity contribution in [3.63, 3.8) is 0 Å². The lowest BCUT2D eigenvalue weighted by Gasteiger charge is -2.49. The van der Waals surface area contributed by atoms with Crippen molar-refractivity contribution >= 4 is 20.0 Å². The monoisotopic (exact) mass is 258 g/mol. The van der Waals surface area contributed by atoms with E-state index in [9.17, 15) is 0 Å². The van der Waals surface area contributed by atoms with Crippen LogP contribution in [0.25, 0.3) is 11.6 Å². The van der Waals surface area contributed by atoms with Gasteiger partial charge in [0, 0.05) is 13.9 Å². The summed E-state index contributed by atoms with van der Waals surface area (Å²) in [6, 6.07) is 8.32. The summed E-state index contributed by atoms with van der Waals surface area (Å²) >= 11 is 0. The molecule has 0 fully saturated rings.